The number of carbonyl (C=O) groups is 2. The highest BCUT2D eigenvalue weighted by Gasteiger charge is 2.20. The Labute approximate surface area is 215 Å². The minimum atomic E-state index is -0.361. The fraction of sp³-hybridized carbons (Fsp3) is 0.179. The SMILES string of the molecule is COC(=O)CCN(C(=O)c1ccc2c(c1)cc(CNc1ccc(C(N)=S)cc1)n2C)c1ccccc1. The summed E-state index contributed by atoms with van der Waals surface area (Å²) in [5.41, 5.74) is 10.8. The average molecular weight is 501 g/mol. The maximum atomic E-state index is 13.5. The van der Waals surface area contributed by atoms with Crippen LogP contribution in [0.2, 0.25) is 0 Å². The van der Waals surface area contributed by atoms with Gasteiger partial charge in [0.2, 0.25) is 0 Å². The number of para-hydroxylation sites is 1. The van der Waals surface area contributed by atoms with Crippen LogP contribution < -0.4 is 16.0 Å². The molecule has 0 spiro atoms. The number of hydrogen-bond donors (Lipinski definition) is 2. The summed E-state index contributed by atoms with van der Waals surface area (Å²) in [6.07, 6.45) is 0.110. The van der Waals surface area contributed by atoms with Gasteiger partial charge in [-0.15, -0.1) is 0 Å². The predicted molar refractivity (Wildman–Crippen MR) is 147 cm³/mol. The lowest BCUT2D eigenvalue weighted by molar-refractivity contribution is -0.140. The first-order valence-corrected chi connectivity index (χ1v) is 11.9. The summed E-state index contributed by atoms with van der Waals surface area (Å²) in [4.78, 5) is 27.2. The number of fused-ring (bicyclic) bond motifs is 1. The third kappa shape index (κ3) is 5.55. The molecular formula is C28H28N4O3S. The van der Waals surface area contributed by atoms with Gasteiger partial charge in [-0.25, -0.2) is 0 Å². The molecule has 0 atom stereocenters. The third-order valence-electron chi connectivity index (χ3n) is 6.11. The Morgan fingerprint density at radius 2 is 1.69 bits per heavy atom. The van der Waals surface area contributed by atoms with E-state index in [2.05, 4.69) is 16.0 Å². The van der Waals surface area contributed by atoms with E-state index >= 15 is 0 Å². The minimum Gasteiger partial charge on any atom is -0.469 e. The highest BCUT2D eigenvalue weighted by Crippen LogP contribution is 2.24. The Morgan fingerprint density at radius 1 is 1.00 bits per heavy atom. The molecule has 0 unspecified atom stereocenters. The number of amides is 1. The van der Waals surface area contributed by atoms with Crippen molar-refractivity contribution < 1.29 is 14.3 Å². The minimum absolute atomic E-state index is 0.110. The number of esters is 1. The van der Waals surface area contributed by atoms with E-state index in [1.807, 2.05) is 79.8 Å². The number of aromatic nitrogens is 1. The van der Waals surface area contributed by atoms with Gasteiger partial charge in [0.15, 0.2) is 0 Å². The van der Waals surface area contributed by atoms with Crippen LogP contribution in [0.3, 0.4) is 0 Å². The molecule has 8 heteroatoms. The molecule has 4 aromatic rings. The quantitative estimate of drug-likeness (QED) is 0.257. The van der Waals surface area contributed by atoms with Gasteiger partial charge in [0, 0.05) is 52.7 Å². The van der Waals surface area contributed by atoms with E-state index < -0.39 is 0 Å². The smallest absolute Gasteiger partial charge is 0.307 e. The number of nitrogens with zero attached hydrogens (tertiary/aromatic N) is 2. The van der Waals surface area contributed by atoms with Gasteiger partial charge in [-0.05, 0) is 60.7 Å². The van der Waals surface area contributed by atoms with Crippen LogP contribution in [0, 0.1) is 0 Å². The number of methoxy groups -OCH3 is 1. The van der Waals surface area contributed by atoms with Crippen molar-refractivity contribution in [2.24, 2.45) is 12.8 Å². The van der Waals surface area contributed by atoms with E-state index in [9.17, 15) is 9.59 Å². The molecule has 36 heavy (non-hydrogen) atoms. The number of aryl methyl sites for hydroxylation is 1. The molecule has 1 heterocycles. The van der Waals surface area contributed by atoms with E-state index in [-0.39, 0.29) is 24.8 Å². The second-order valence-electron chi connectivity index (χ2n) is 8.38. The molecule has 0 bridgehead atoms. The summed E-state index contributed by atoms with van der Waals surface area (Å²) in [5, 5.41) is 4.38. The summed E-state index contributed by atoms with van der Waals surface area (Å²) in [5.74, 6) is -0.534. The Kier molecular flexibility index (Phi) is 7.65. The van der Waals surface area contributed by atoms with E-state index in [0.29, 0.717) is 17.1 Å². The molecular weight excluding hydrogens is 472 g/mol. The number of carbonyl (C=O) groups excluding carboxylic acids is 2. The van der Waals surface area contributed by atoms with Crippen molar-refractivity contribution in [1.29, 1.82) is 0 Å². The van der Waals surface area contributed by atoms with Crippen molar-refractivity contribution >= 4 is 51.4 Å². The summed E-state index contributed by atoms with van der Waals surface area (Å²) in [6, 6.07) is 24.7. The first kappa shape index (κ1) is 24.9. The van der Waals surface area contributed by atoms with Crippen molar-refractivity contribution in [3.8, 4) is 0 Å². The predicted octanol–water partition coefficient (Wildman–Crippen LogP) is 4.63. The van der Waals surface area contributed by atoms with Gasteiger partial charge in [-0.3, -0.25) is 9.59 Å². The number of nitrogens with two attached hydrogens (primary N) is 1. The van der Waals surface area contributed by atoms with Crippen LogP contribution in [0.25, 0.3) is 10.9 Å². The third-order valence-corrected chi connectivity index (χ3v) is 6.35. The number of thiocarbonyl (C=S) groups is 1. The number of hydrogen-bond acceptors (Lipinski definition) is 5. The van der Waals surface area contributed by atoms with E-state index in [4.69, 9.17) is 22.7 Å². The number of ether oxygens (including phenoxy) is 1. The van der Waals surface area contributed by atoms with Crippen LogP contribution in [0.5, 0.6) is 0 Å². The molecule has 1 amide bonds. The van der Waals surface area contributed by atoms with Crippen molar-refractivity contribution in [3.05, 3.63) is 95.7 Å². The van der Waals surface area contributed by atoms with Crippen molar-refractivity contribution in [1.82, 2.24) is 4.57 Å². The second kappa shape index (κ2) is 11.0. The molecule has 4 rings (SSSR count). The fourth-order valence-corrected chi connectivity index (χ4v) is 4.21. The molecule has 3 N–H and O–H groups in total. The van der Waals surface area contributed by atoms with Gasteiger partial charge >= 0.3 is 5.97 Å². The number of nitrogens with one attached hydrogen (secondary N) is 1. The summed E-state index contributed by atoms with van der Waals surface area (Å²) in [6.45, 7) is 0.835. The van der Waals surface area contributed by atoms with Gasteiger partial charge in [-0.2, -0.15) is 0 Å². The lowest BCUT2D eigenvalue weighted by Crippen LogP contribution is -2.33. The molecule has 0 saturated carbocycles. The van der Waals surface area contributed by atoms with Gasteiger partial charge in [0.25, 0.3) is 5.91 Å². The molecule has 0 fully saturated rings. The molecule has 184 valence electrons. The normalized spacial score (nSPS) is 10.7. The summed E-state index contributed by atoms with van der Waals surface area (Å²) < 4.78 is 6.87. The van der Waals surface area contributed by atoms with Gasteiger partial charge < -0.3 is 25.3 Å². The molecule has 0 aliphatic rings. The van der Waals surface area contributed by atoms with Crippen molar-refractivity contribution in [2.45, 2.75) is 13.0 Å². The number of rotatable bonds is 9. The Bertz CT molecular complexity index is 1400. The maximum Gasteiger partial charge on any atom is 0.307 e. The molecule has 0 saturated heterocycles. The lowest BCUT2D eigenvalue weighted by atomic mass is 10.1. The highest BCUT2D eigenvalue weighted by molar-refractivity contribution is 7.80. The van der Waals surface area contributed by atoms with E-state index in [0.717, 1.165) is 33.5 Å². The number of anilines is 2. The van der Waals surface area contributed by atoms with Crippen LogP contribution in [-0.2, 0) is 23.1 Å². The largest absolute Gasteiger partial charge is 0.469 e. The zero-order valence-electron chi connectivity index (χ0n) is 20.2. The highest BCUT2D eigenvalue weighted by atomic mass is 32.1. The summed E-state index contributed by atoms with van der Waals surface area (Å²) >= 11 is 5.01. The van der Waals surface area contributed by atoms with Crippen LogP contribution in [0.1, 0.15) is 28.0 Å². The van der Waals surface area contributed by atoms with Gasteiger partial charge in [0.05, 0.1) is 20.1 Å². The van der Waals surface area contributed by atoms with Crippen LogP contribution in [-0.4, -0.2) is 35.1 Å². The Morgan fingerprint density at radius 3 is 2.36 bits per heavy atom. The topological polar surface area (TPSA) is 89.6 Å². The van der Waals surface area contributed by atoms with Crippen LogP contribution >= 0.6 is 12.2 Å². The molecule has 7 nitrogen and oxygen atoms in total. The Balaban J connectivity index is 1.55. The first-order valence-electron chi connectivity index (χ1n) is 11.5. The average Bonchev–Trinajstić information content (AvgIpc) is 3.22. The van der Waals surface area contributed by atoms with Crippen LogP contribution in [0.15, 0.2) is 78.9 Å². The Hall–Kier alpha value is -4.17. The van der Waals surface area contributed by atoms with Crippen molar-refractivity contribution in [2.75, 3.05) is 23.9 Å². The van der Waals surface area contributed by atoms with E-state index in [1.165, 1.54) is 7.11 Å². The lowest BCUT2D eigenvalue weighted by Gasteiger charge is -2.22. The second-order valence-corrected chi connectivity index (χ2v) is 8.82. The maximum absolute atomic E-state index is 13.5. The van der Waals surface area contributed by atoms with Crippen LogP contribution in [0.4, 0.5) is 11.4 Å². The number of benzene rings is 3. The zero-order chi connectivity index (χ0) is 25.7. The molecule has 0 radical (unpaired) electrons. The molecule has 3 aromatic carbocycles. The summed E-state index contributed by atoms with van der Waals surface area (Å²) in [7, 11) is 3.35. The van der Waals surface area contributed by atoms with Gasteiger partial charge in [0.1, 0.15) is 4.99 Å². The first-order chi connectivity index (χ1) is 17.4. The zero-order valence-corrected chi connectivity index (χ0v) is 21.0. The monoisotopic (exact) mass is 500 g/mol. The van der Waals surface area contributed by atoms with Crippen molar-refractivity contribution in [3.63, 3.8) is 0 Å². The van der Waals surface area contributed by atoms with E-state index in [1.54, 1.807) is 4.90 Å². The molecule has 0 aliphatic heterocycles. The molecule has 0 aliphatic carbocycles. The van der Waals surface area contributed by atoms with Gasteiger partial charge in [-0.1, -0.05) is 30.4 Å². The fourth-order valence-electron chi connectivity index (χ4n) is 4.07. The molecule has 1 aromatic heterocycles. The standard InChI is InChI=1S/C28H28N4O3S/c1-31-24(18-30-22-11-8-19(9-12-22)27(29)36)17-21-16-20(10-13-25(21)31)28(34)32(15-14-26(33)35-2)23-6-4-3-5-7-23/h3-13,16-17,30H,14-15,18H2,1-2H3,(H2,29,36).